The van der Waals surface area contributed by atoms with E-state index in [0.717, 1.165) is 23.2 Å². The summed E-state index contributed by atoms with van der Waals surface area (Å²) in [5.41, 5.74) is 1.12. The molecule has 0 amide bonds. The highest BCUT2D eigenvalue weighted by Gasteiger charge is 2.22. The smallest absolute Gasteiger partial charge is 0.138 e. The van der Waals surface area contributed by atoms with Gasteiger partial charge in [0, 0.05) is 18.4 Å². The van der Waals surface area contributed by atoms with Crippen molar-refractivity contribution in [1.29, 1.82) is 0 Å². The van der Waals surface area contributed by atoms with Crippen molar-refractivity contribution < 1.29 is 0 Å². The van der Waals surface area contributed by atoms with Crippen molar-refractivity contribution in [3.8, 4) is 5.82 Å². The van der Waals surface area contributed by atoms with Gasteiger partial charge in [-0.15, -0.1) is 0 Å². The number of hydrogen-bond acceptors (Lipinski definition) is 3. The number of rotatable bonds is 4. The van der Waals surface area contributed by atoms with Crippen molar-refractivity contribution in [3.63, 3.8) is 0 Å². The minimum absolute atomic E-state index is 0.614. The maximum Gasteiger partial charge on any atom is 0.138 e. The van der Waals surface area contributed by atoms with Crippen LogP contribution in [0.4, 0.5) is 5.69 Å². The van der Waals surface area contributed by atoms with Crippen LogP contribution in [0.1, 0.15) is 38.4 Å². The van der Waals surface area contributed by atoms with Crippen molar-refractivity contribution in [2.45, 2.75) is 45.6 Å². The molecule has 2 aromatic heterocycles. The molecular formula is C16H22N4. The number of anilines is 1. The van der Waals surface area contributed by atoms with Crippen molar-refractivity contribution in [3.05, 3.63) is 36.5 Å². The molecule has 2 heterocycles. The van der Waals surface area contributed by atoms with Crippen molar-refractivity contribution in [1.82, 2.24) is 14.5 Å². The van der Waals surface area contributed by atoms with Crippen LogP contribution in [-0.4, -0.2) is 20.6 Å². The summed E-state index contributed by atoms with van der Waals surface area (Å²) in [6.45, 7) is 4.27. The molecule has 4 heteroatoms. The molecule has 4 nitrogen and oxygen atoms in total. The molecule has 106 valence electrons. The Bertz CT molecular complexity index is 558. The standard InChI is InChI=1S/C16H22N4/c1-3-13-4-5-14(10-13)19-15-6-7-16(18-11-15)20-9-8-17-12(20)2/h6-9,11,13-14,19H,3-5,10H2,1-2H3. The largest absolute Gasteiger partial charge is 0.381 e. The topological polar surface area (TPSA) is 42.7 Å². The highest BCUT2D eigenvalue weighted by atomic mass is 15.1. The van der Waals surface area contributed by atoms with Gasteiger partial charge in [0.25, 0.3) is 0 Å². The van der Waals surface area contributed by atoms with E-state index in [0.29, 0.717) is 6.04 Å². The zero-order chi connectivity index (χ0) is 13.9. The average Bonchev–Trinajstić information content (AvgIpc) is 3.09. The van der Waals surface area contributed by atoms with Crippen LogP contribution in [-0.2, 0) is 0 Å². The van der Waals surface area contributed by atoms with Gasteiger partial charge in [0.05, 0.1) is 11.9 Å². The molecule has 0 aromatic carbocycles. The van der Waals surface area contributed by atoms with E-state index in [9.17, 15) is 0 Å². The molecule has 1 aliphatic rings. The average molecular weight is 270 g/mol. The van der Waals surface area contributed by atoms with E-state index in [1.54, 1.807) is 6.20 Å². The summed E-state index contributed by atoms with van der Waals surface area (Å²) >= 11 is 0. The van der Waals surface area contributed by atoms with Gasteiger partial charge in [-0.25, -0.2) is 9.97 Å². The fourth-order valence-electron chi connectivity index (χ4n) is 3.05. The van der Waals surface area contributed by atoms with Crippen molar-refractivity contribution >= 4 is 5.69 Å². The Balaban J connectivity index is 1.66. The third-order valence-electron chi connectivity index (χ3n) is 4.31. The van der Waals surface area contributed by atoms with E-state index in [4.69, 9.17) is 0 Å². The second-order valence-corrected chi connectivity index (χ2v) is 5.68. The van der Waals surface area contributed by atoms with Crippen LogP contribution in [0.3, 0.4) is 0 Å². The summed E-state index contributed by atoms with van der Waals surface area (Å²) in [6.07, 6.45) is 10.9. The van der Waals surface area contributed by atoms with Crippen LogP contribution in [0, 0.1) is 12.8 Å². The molecule has 1 saturated carbocycles. The lowest BCUT2D eigenvalue weighted by atomic mass is 10.1. The van der Waals surface area contributed by atoms with Crippen molar-refractivity contribution in [2.24, 2.45) is 5.92 Å². The molecular weight excluding hydrogens is 248 g/mol. The van der Waals surface area contributed by atoms with Crippen molar-refractivity contribution in [2.75, 3.05) is 5.32 Å². The van der Waals surface area contributed by atoms with E-state index in [1.165, 1.54) is 25.7 Å². The van der Waals surface area contributed by atoms with Gasteiger partial charge in [0.2, 0.25) is 0 Å². The quantitative estimate of drug-likeness (QED) is 0.923. The summed E-state index contributed by atoms with van der Waals surface area (Å²) < 4.78 is 1.99. The SMILES string of the molecule is CCC1CCC(Nc2ccc(-n3ccnc3C)nc2)C1. The van der Waals surface area contributed by atoms with Crippen LogP contribution in [0.5, 0.6) is 0 Å². The highest BCUT2D eigenvalue weighted by Crippen LogP contribution is 2.30. The van der Waals surface area contributed by atoms with Crippen LogP contribution in [0.25, 0.3) is 5.82 Å². The first kappa shape index (κ1) is 13.2. The molecule has 0 aliphatic heterocycles. The molecule has 0 saturated heterocycles. The number of pyridine rings is 1. The Labute approximate surface area is 120 Å². The summed E-state index contributed by atoms with van der Waals surface area (Å²) in [5, 5.41) is 3.60. The van der Waals surface area contributed by atoms with Gasteiger partial charge in [0.1, 0.15) is 11.6 Å². The van der Waals surface area contributed by atoms with Gasteiger partial charge < -0.3 is 5.32 Å². The van der Waals surface area contributed by atoms with Gasteiger partial charge in [-0.2, -0.15) is 0 Å². The molecule has 1 N–H and O–H groups in total. The van der Waals surface area contributed by atoms with E-state index in [-0.39, 0.29) is 0 Å². The predicted octanol–water partition coefficient (Wildman–Crippen LogP) is 3.57. The predicted molar refractivity (Wildman–Crippen MR) is 81.1 cm³/mol. The minimum Gasteiger partial charge on any atom is -0.381 e. The van der Waals surface area contributed by atoms with Crippen LogP contribution in [0.2, 0.25) is 0 Å². The first-order valence-electron chi connectivity index (χ1n) is 7.49. The number of imidazole rings is 1. The lowest BCUT2D eigenvalue weighted by molar-refractivity contribution is 0.525. The first-order valence-corrected chi connectivity index (χ1v) is 7.49. The van der Waals surface area contributed by atoms with Crippen LogP contribution < -0.4 is 5.32 Å². The lowest BCUT2D eigenvalue weighted by Gasteiger charge is -2.14. The van der Waals surface area contributed by atoms with E-state index >= 15 is 0 Å². The number of aromatic nitrogens is 3. The third kappa shape index (κ3) is 2.69. The number of nitrogens with zero attached hydrogens (tertiary/aromatic N) is 3. The molecule has 2 atom stereocenters. The normalized spacial score (nSPS) is 22.1. The summed E-state index contributed by atoms with van der Waals surface area (Å²) in [7, 11) is 0. The number of aryl methyl sites for hydroxylation is 1. The van der Waals surface area contributed by atoms with E-state index in [1.807, 2.05) is 30.0 Å². The summed E-state index contributed by atoms with van der Waals surface area (Å²) in [6, 6.07) is 4.77. The highest BCUT2D eigenvalue weighted by molar-refractivity contribution is 5.44. The Morgan fingerprint density at radius 3 is 2.80 bits per heavy atom. The third-order valence-corrected chi connectivity index (χ3v) is 4.31. The second kappa shape index (κ2) is 5.65. The second-order valence-electron chi connectivity index (χ2n) is 5.68. The van der Waals surface area contributed by atoms with Crippen LogP contribution in [0.15, 0.2) is 30.7 Å². The van der Waals surface area contributed by atoms with Crippen LogP contribution >= 0.6 is 0 Å². The van der Waals surface area contributed by atoms with Gasteiger partial charge in [-0.1, -0.05) is 13.3 Å². The zero-order valence-corrected chi connectivity index (χ0v) is 12.2. The molecule has 0 spiro atoms. The zero-order valence-electron chi connectivity index (χ0n) is 12.2. The Morgan fingerprint density at radius 2 is 2.20 bits per heavy atom. The Hall–Kier alpha value is -1.84. The summed E-state index contributed by atoms with van der Waals surface area (Å²) in [4.78, 5) is 8.75. The van der Waals surface area contributed by atoms with Gasteiger partial charge >= 0.3 is 0 Å². The van der Waals surface area contributed by atoms with Gasteiger partial charge in [-0.05, 0) is 44.2 Å². The first-order chi connectivity index (χ1) is 9.76. The number of hydrogen-bond donors (Lipinski definition) is 1. The lowest BCUT2D eigenvalue weighted by Crippen LogP contribution is -2.15. The molecule has 3 rings (SSSR count). The molecule has 1 fully saturated rings. The molecule has 2 unspecified atom stereocenters. The monoisotopic (exact) mass is 270 g/mol. The fraction of sp³-hybridized carbons (Fsp3) is 0.500. The summed E-state index contributed by atoms with van der Waals surface area (Å²) in [5.74, 6) is 2.77. The number of nitrogens with one attached hydrogen (secondary N) is 1. The maximum atomic E-state index is 4.52. The molecule has 0 bridgehead atoms. The fourth-order valence-corrected chi connectivity index (χ4v) is 3.05. The Kier molecular flexibility index (Phi) is 3.72. The van der Waals surface area contributed by atoms with E-state index < -0.39 is 0 Å². The molecule has 2 aromatic rings. The maximum absolute atomic E-state index is 4.52. The van der Waals surface area contributed by atoms with E-state index in [2.05, 4.69) is 28.3 Å². The molecule has 20 heavy (non-hydrogen) atoms. The molecule has 0 radical (unpaired) electrons. The molecule has 1 aliphatic carbocycles. The van der Waals surface area contributed by atoms with Gasteiger partial charge in [0.15, 0.2) is 0 Å². The minimum atomic E-state index is 0.614. The Morgan fingerprint density at radius 1 is 1.30 bits per heavy atom. The van der Waals surface area contributed by atoms with Gasteiger partial charge in [-0.3, -0.25) is 4.57 Å².